The summed E-state index contributed by atoms with van der Waals surface area (Å²) >= 11 is 0. The first-order valence-electron chi connectivity index (χ1n) is 10.4. The summed E-state index contributed by atoms with van der Waals surface area (Å²) in [6.45, 7) is 2.02. The summed E-state index contributed by atoms with van der Waals surface area (Å²) in [6.07, 6.45) is 1.10. The molecule has 170 valence electrons. The van der Waals surface area contributed by atoms with Crippen molar-refractivity contribution in [1.82, 2.24) is 5.32 Å². The van der Waals surface area contributed by atoms with Crippen molar-refractivity contribution >= 4 is 22.7 Å². The summed E-state index contributed by atoms with van der Waals surface area (Å²) in [4.78, 5) is 23.6. The zero-order chi connectivity index (χ0) is 23.5. The van der Waals surface area contributed by atoms with Gasteiger partial charge in [-0.15, -0.1) is 0 Å². The maximum atomic E-state index is 11.9. The lowest BCUT2D eigenvalue weighted by Gasteiger charge is -2.21. The number of aliphatic hydroxyl groups is 1. The highest BCUT2D eigenvalue weighted by Crippen LogP contribution is 2.47. The number of hydrogen-bond donors (Lipinski definition) is 4. The maximum Gasteiger partial charge on any atom is 0.336 e. The number of carbonyl (C=O) groups is 2. The van der Waals surface area contributed by atoms with Crippen LogP contribution in [0.4, 0.5) is 0 Å². The summed E-state index contributed by atoms with van der Waals surface area (Å²) < 4.78 is 9.97. The van der Waals surface area contributed by atoms with Crippen molar-refractivity contribution in [1.29, 1.82) is 0 Å². The molecule has 4 rings (SSSR count). The summed E-state index contributed by atoms with van der Waals surface area (Å²) in [5.74, 6) is -4.17. The number of aromatic hydroxyl groups is 2. The Hall–Kier alpha value is -3.88. The van der Waals surface area contributed by atoms with Gasteiger partial charge in [-0.25, -0.2) is 9.59 Å². The Balaban J connectivity index is 1.52. The Morgan fingerprint density at radius 2 is 1.61 bits per heavy atom. The van der Waals surface area contributed by atoms with E-state index in [0.717, 1.165) is 34.6 Å². The van der Waals surface area contributed by atoms with Gasteiger partial charge in [0.05, 0.1) is 6.10 Å². The molecule has 1 aliphatic rings. The number of hydrogen-bond acceptors (Lipinski definition) is 8. The molecular weight excluding hydrogens is 426 g/mol. The molecule has 1 heterocycles. The number of rotatable bonds is 6. The van der Waals surface area contributed by atoms with Crippen LogP contribution < -0.4 is 14.8 Å². The molecule has 2 bridgehead atoms. The van der Waals surface area contributed by atoms with E-state index >= 15 is 0 Å². The number of nitrogens with one attached hydrogen (secondary N) is 1. The third-order valence-corrected chi connectivity index (χ3v) is 5.40. The van der Waals surface area contributed by atoms with Gasteiger partial charge in [-0.3, -0.25) is 0 Å². The van der Waals surface area contributed by atoms with Gasteiger partial charge in [0.15, 0.2) is 11.5 Å². The van der Waals surface area contributed by atoms with E-state index in [1.165, 1.54) is 0 Å². The molecule has 0 fully saturated rings. The lowest BCUT2D eigenvalue weighted by molar-refractivity contribution is -0.131. The number of aliphatic hydroxyl groups excluding tert-OH is 1. The summed E-state index contributed by atoms with van der Waals surface area (Å²) in [6, 6.07) is 15.3. The number of ether oxygens (including phenoxy) is 2. The van der Waals surface area contributed by atoms with Crippen molar-refractivity contribution in [3.8, 4) is 23.0 Å². The molecule has 0 saturated carbocycles. The van der Waals surface area contributed by atoms with Crippen molar-refractivity contribution in [3.63, 3.8) is 0 Å². The molecule has 1 aliphatic heterocycles. The van der Waals surface area contributed by atoms with Gasteiger partial charge in [0, 0.05) is 30.3 Å². The lowest BCUT2D eigenvalue weighted by Crippen LogP contribution is -2.32. The minimum absolute atomic E-state index is 0.0242. The molecule has 3 aromatic rings. The Kier molecular flexibility index (Phi) is 6.30. The van der Waals surface area contributed by atoms with Crippen LogP contribution in [-0.2, 0) is 16.0 Å². The molecule has 0 radical (unpaired) electrons. The molecule has 0 amide bonds. The predicted octanol–water partition coefficient (Wildman–Crippen LogP) is 2.89. The smallest absolute Gasteiger partial charge is 0.336 e. The summed E-state index contributed by atoms with van der Waals surface area (Å²) in [5, 5.41) is 36.9. The van der Waals surface area contributed by atoms with E-state index in [0.29, 0.717) is 6.42 Å². The Morgan fingerprint density at radius 3 is 2.36 bits per heavy atom. The van der Waals surface area contributed by atoms with Crippen LogP contribution in [0.5, 0.6) is 23.0 Å². The van der Waals surface area contributed by atoms with Gasteiger partial charge < -0.3 is 30.1 Å². The van der Waals surface area contributed by atoms with Crippen LogP contribution in [-0.4, -0.2) is 39.8 Å². The van der Waals surface area contributed by atoms with E-state index in [2.05, 4.69) is 29.6 Å². The zero-order valence-corrected chi connectivity index (χ0v) is 17.8. The van der Waals surface area contributed by atoms with Crippen LogP contribution in [0.2, 0.25) is 0 Å². The summed E-state index contributed by atoms with van der Waals surface area (Å²) in [7, 11) is 0. The number of esters is 2. The number of phenolic OH excluding ortho intramolecular Hbond substituents is 2. The van der Waals surface area contributed by atoms with E-state index in [9.17, 15) is 24.9 Å². The van der Waals surface area contributed by atoms with E-state index in [1.807, 2.05) is 25.1 Å². The molecule has 33 heavy (non-hydrogen) atoms. The highest BCUT2D eigenvalue weighted by molar-refractivity contribution is 5.95. The normalized spacial score (nSPS) is 16.2. The second-order valence-corrected chi connectivity index (χ2v) is 7.83. The number of carbonyl (C=O) groups excluding carboxylic acids is 2. The monoisotopic (exact) mass is 449 g/mol. The van der Waals surface area contributed by atoms with Gasteiger partial charge >= 0.3 is 11.9 Å². The molecule has 0 spiro atoms. The third-order valence-electron chi connectivity index (χ3n) is 5.40. The van der Waals surface area contributed by atoms with Gasteiger partial charge in [-0.1, -0.05) is 42.5 Å². The molecule has 0 unspecified atom stereocenters. The van der Waals surface area contributed by atoms with Crippen LogP contribution in [0.25, 0.3) is 10.8 Å². The van der Waals surface area contributed by atoms with Gasteiger partial charge in [0.2, 0.25) is 11.5 Å². The molecule has 0 aliphatic carbocycles. The van der Waals surface area contributed by atoms with Crippen LogP contribution in [0.3, 0.4) is 0 Å². The Labute approximate surface area is 189 Å². The highest BCUT2D eigenvalue weighted by Gasteiger charge is 2.28. The maximum absolute atomic E-state index is 11.9. The van der Waals surface area contributed by atoms with Crippen LogP contribution >= 0.6 is 0 Å². The average molecular weight is 449 g/mol. The van der Waals surface area contributed by atoms with E-state index in [4.69, 9.17) is 9.47 Å². The van der Waals surface area contributed by atoms with Gasteiger partial charge in [0.1, 0.15) is 0 Å². The molecule has 3 aromatic carbocycles. The van der Waals surface area contributed by atoms with E-state index in [-0.39, 0.29) is 23.9 Å². The van der Waals surface area contributed by atoms with Crippen LogP contribution in [0.1, 0.15) is 24.2 Å². The fourth-order valence-corrected chi connectivity index (χ4v) is 3.80. The van der Waals surface area contributed by atoms with E-state index < -0.39 is 35.3 Å². The Morgan fingerprint density at radius 1 is 0.939 bits per heavy atom. The van der Waals surface area contributed by atoms with Crippen molar-refractivity contribution < 1.29 is 34.4 Å². The minimum Gasteiger partial charge on any atom is -0.504 e. The zero-order valence-electron chi connectivity index (χ0n) is 17.8. The molecule has 8 heteroatoms. The van der Waals surface area contributed by atoms with Crippen molar-refractivity contribution in [2.45, 2.75) is 25.5 Å². The molecule has 0 aromatic heterocycles. The number of benzene rings is 3. The number of phenols is 2. The van der Waals surface area contributed by atoms with Gasteiger partial charge in [0.25, 0.3) is 0 Å². The lowest BCUT2D eigenvalue weighted by atomic mass is 9.99. The fraction of sp³-hybridized carbons (Fsp3) is 0.200. The molecular formula is C25H23NO7. The third kappa shape index (κ3) is 4.82. The van der Waals surface area contributed by atoms with E-state index in [1.54, 1.807) is 0 Å². The second-order valence-electron chi connectivity index (χ2n) is 7.83. The summed E-state index contributed by atoms with van der Waals surface area (Å²) in [5.41, 5.74) is 1.13. The van der Waals surface area contributed by atoms with Crippen molar-refractivity contribution in [3.05, 3.63) is 71.8 Å². The minimum atomic E-state index is -1.24. The first kappa shape index (κ1) is 22.3. The standard InChI is InChI=1S/C25H23NO7/c1-14(11-16-7-4-6-15-5-2-3-8-17(15)16)26-13-20(28)18-12-19(27)25-23(31)24(18)32-21(29)9-10-22(30)33-25/h2-10,12,14,20,26-28,31H,11,13H2,1H3/b10-9+/t14-,20+/m1/s1. The molecule has 8 nitrogen and oxygen atoms in total. The largest absolute Gasteiger partial charge is 0.504 e. The fourth-order valence-electron chi connectivity index (χ4n) is 3.80. The highest BCUT2D eigenvalue weighted by atomic mass is 16.6. The van der Waals surface area contributed by atoms with Crippen molar-refractivity contribution in [2.24, 2.45) is 0 Å². The first-order chi connectivity index (χ1) is 15.8. The quantitative estimate of drug-likeness (QED) is 0.334. The Bertz CT molecular complexity index is 1250. The van der Waals surface area contributed by atoms with Gasteiger partial charge in [-0.2, -0.15) is 0 Å². The molecule has 2 atom stereocenters. The first-order valence-corrected chi connectivity index (χ1v) is 10.4. The van der Waals surface area contributed by atoms with Crippen LogP contribution in [0, 0.1) is 0 Å². The molecule has 0 saturated heterocycles. The van der Waals surface area contributed by atoms with Crippen LogP contribution in [0.15, 0.2) is 60.7 Å². The topological polar surface area (TPSA) is 125 Å². The number of fused-ring (bicyclic) bond motifs is 3. The van der Waals surface area contributed by atoms with Gasteiger partial charge in [-0.05, 0) is 35.7 Å². The predicted molar refractivity (Wildman–Crippen MR) is 120 cm³/mol. The molecule has 4 N–H and O–H groups in total. The SMILES string of the molecule is C[C@H](Cc1cccc2ccccc12)NC[C@H](O)c1cc(O)c2c(O)c1OC(=O)/C=C/C(=O)O2. The average Bonchev–Trinajstić information content (AvgIpc) is 2.83. The van der Waals surface area contributed by atoms with Crippen molar-refractivity contribution in [2.75, 3.05) is 6.54 Å². The second kappa shape index (κ2) is 9.32.